The SMILES string of the molecule is CC[C@@H](Oc1ccc2c(c1)CCCC2)C(=O)Nc1cccc(C(=O)OC)c1C. The van der Waals surface area contributed by atoms with Crippen LogP contribution >= 0.6 is 0 Å². The van der Waals surface area contributed by atoms with Gasteiger partial charge in [-0.1, -0.05) is 19.1 Å². The molecule has 28 heavy (non-hydrogen) atoms. The van der Waals surface area contributed by atoms with Gasteiger partial charge in [0.1, 0.15) is 5.75 Å². The second kappa shape index (κ2) is 8.91. The highest BCUT2D eigenvalue weighted by Crippen LogP contribution is 2.26. The molecule has 1 N–H and O–H groups in total. The highest BCUT2D eigenvalue weighted by Gasteiger charge is 2.21. The van der Waals surface area contributed by atoms with Crippen LogP contribution < -0.4 is 10.1 Å². The van der Waals surface area contributed by atoms with Crippen molar-refractivity contribution in [2.24, 2.45) is 0 Å². The molecule has 0 heterocycles. The lowest BCUT2D eigenvalue weighted by Crippen LogP contribution is -2.32. The predicted octanol–water partition coefficient (Wildman–Crippen LogP) is 4.46. The maximum Gasteiger partial charge on any atom is 0.338 e. The summed E-state index contributed by atoms with van der Waals surface area (Å²) in [6.07, 6.45) is 4.54. The smallest absolute Gasteiger partial charge is 0.338 e. The van der Waals surface area contributed by atoms with Crippen LogP contribution in [0.5, 0.6) is 5.75 Å². The number of fused-ring (bicyclic) bond motifs is 1. The molecule has 1 atom stereocenters. The zero-order chi connectivity index (χ0) is 20.1. The number of ether oxygens (including phenoxy) is 2. The lowest BCUT2D eigenvalue weighted by Gasteiger charge is -2.21. The van der Waals surface area contributed by atoms with Crippen molar-refractivity contribution in [3.8, 4) is 5.75 Å². The fourth-order valence-electron chi connectivity index (χ4n) is 3.59. The third kappa shape index (κ3) is 4.35. The Morgan fingerprint density at radius 3 is 2.57 bits per heavy atom. The Hall–Kier alpha value is -2.82. The summed E-state index contributed by atoms with van der Waals surface area (Å²) in [5.41, 5.74) is 4.39. The number of hydrogen-bond acceptors (Lipinski definition) is 4. The third-order valence-electron chi connectivity index (χ3n) is 5.26. The number of aryl methyl sites for hydroxylation is 2. The zero-order valence-electron chi connectivity index (χ0n) is 16.7. The van der Waals surface area contributed by atoms with Crippen LogP contribution in [0.15, 0.2) is 36.4 Å². The third-order valence-corrected chi connectivity index (χ3v) is 5.26. The molecule has 0 fully saturated rings. The predicted molar refractivity (Wildman–Crippen MR) is 109 cm³/mol. The molecule has 2 aromatic carbocycles. The van der Waals surface area contributed by atoms with Gasteiger partial charge in [-0.15, -0.1) is 0 Å². The van der Waals surface area contributed by atoms with Crippen molar-refractivity contribution in [1.29, 1.82) is 0 Å². The number of methoxy groups -OCH3 is 1. The molecule has 2 aromatic rings. The van der Waals surface area contributed by atoms with Crippen LogP contribution in [0.3, 0.4) is 0 Å². The number of benzene rings is 2. The Kier molecular flexibility index (Phi) is 6.34. The minimum Gasteiger partial charge on any atom is -0.481 e. The summed E-state index contributed by atoms with van der Waals surface area (Å²) in [5.74, 6) is 0.0685. The first kappa shape index (κ1) is 19.9. The standard InChI is InChI=1S/C23H27NO4/c1-4-21(28-18-13-12-16-8-5-6-9-17(16)14-18)22(25)24-20-11-7-10-19(15(20)2)23(26)27-3/h7,10-14,21H,4-6,8-9H2,1-3H3,(H,24,25)/t21-/m1/s1. The number of amides is 1. The van der Waals surface area contributed by atoms with E-state index < -0.39 is 12.1 Å². The summed E-state index contributed by atoms with van der Waals surface area (Å²) in [6, 6.07) is 11.3. The Balaban J connectivity index is 1.73. The monoisotopic (exact) mass is 381 g/mol. The molecule has 0 saturated carbocycles. The van der Waals surface area contributed by atoms with E-state index in [1.165, 1.54) is 31.1 Å². The normalized spacial score (nSPS) is 14.0. The Morgan fingerprint density at radius 1 is 1.11 bits per heavy atom. The van der Waals surface area contributed by atoms with E-state index in [1.807, 2.05) is 13.0 Å². The summed E-state index contributed by atoms with van der Waals surface area (Å²) in [4.78, 5) is 24.6. The van der Waals surface area contributed by atoms with Gasteiger partial charge in [0.15, 0.2) is 6.10 Å². The summed E-state index contributed by atoms with van der Waals surface area (Å²) in [5, 5.41) is 2.89. The van der Waals surface area contributed by atoms with E-state index >= 15 is 0 Å². The van der Waals surface area contributed by atoms with E-state index in [-0.39, 0.29) is 5.91 Å². The van der Waals surface area contributed by atoms with Gasteiger partial charge in [0.2, 0.25) is 0 Å². The number of esters is 1. The summed E-state index contributed by atoms with van der Waals surface area (Å²) >= 11 is 0. The fraction of sp³-hybridized carbons (Fsp3) is 0.391. The van der Waals surface area contributed by atoms with Crippen LogP contribution in [0.2, 0.25) is 0 Å². The largest absolute Gasteiger partial charge is 0.481 e. The van der Waals surface area contributed by atoms with Crippen molar-refractivity contribution in [2.45, 2.75) is 52.1 Å². The van der Waals surface area contributed by atoms with Crippen molar-refractivity contribution in [1.82, 2.24) is 0 Å². The van der Waals surface area contributed by atoms with Gasteiger partial charge in [0.05, 0.1) is 12.7 Å². The number of hydrogen-bond donors (Lipinski definition) is 1. The van der Waals surface area contributed by atoms with Crippen LogP contribution in [-0.4, -0.2) is 25.1 Å². The molecule has 5 heteroatoms. The van der Waals surface area contributed by atoms with Gasteiger partial charge in [-0.05, 0) is 80.0 Å². The zero-order valence-corrected chi connectivity index (χ0v) is 16.7. The van der Waals surface area contributed by atoms with E-state index in [0.717, 1.165) is 18.6 Å². The van der Waals surface area contributed by atoms with Gasteiger partial charge >= 0.3 is 5.97 Å². The van der Waals surface area contributed by atoms with Crippen LogP contribution in [-0.2, 0) is 22.4 Å². The number of carbonyl (C=O) groups excluding carboxylic acids is 2. The summed E-state index contributed by atoms with van der Waals surface area (Å²) in [7, 11) is 1.34. The van der Waals surface area contributed by atoms with Crippen molar-refractivity contribution >= 4 is 17.6 Å². The molecule has 0 saturated heterocycles. The number of carbonyl (C=O) groups is 2. The van der Waals surface area contributed by atoms with E-state index in [2.05, 4.69) is 17.4 Å². The first-order valence-electron chi connectivity index (χ1n) is 9.80. The van der Waals surface area contributed by atoms with E-state index in [1.54, 1.807) is 25.1 Å². The molecule has 0 bridgehead atoms. The Bertz CT molecular complexity index is 875. The molecule has 1 aliphatic carbocycles. The highest BCUT2D eigenvalue weighted by atomic mass is 16.5. The molecule has 0 aromatic heterocycles. The Labute approximate surface area is 166 Å². The van der Waals surface area contributed by atoms with Crippen molar-refractivity contribution in [3.63, 3.8) is 0 Å². The maximum atomic E-state index is 12.8. The molecule has 148 valence electrons. The lowest BCUT2D eigenvalue weighted by molar-refractivity contribution is -0.122. The molecule has 0 spiro atoms. The number of rotatable bonds is 6. The molecule has 3 rings (SSSR count). The van der Waals surface area contributed by atoms with Crippen LogP contribution in [0.4, 0.5) is 5.69 Å². The van der Waals surface area contributed by atoms with Gasteiger partial charge < -0.3 is 14.8 Å². The van der Waals surface area contributed by atoms with Gasteiger partial charge in [-0.25, -0.2) is 4.79 Å². The number of anilines is 1. The van der Waals surface area contributed by atoms with Gasteiger partial charge in [0, 0.05) is 5.69 Å². The average molecular weight is 381 g/mol. The molecule has 1 amide bonds. The molecular weight excluding hydrogens is 354 g/mol. The van der Waals surface area contributed by atoms with E-state index in [0.29, 0.717) is 23.2 Å². The average Bonchev–Trinajstić information content (AvgIpc) is 2.72. The minimum absolute atomic E-state index is 0.231. The van der Waals surface area contributed by atoms with Gasteiger partial charge in [0.25, 0.3) is 5.91 Å². The van der Waals surface area contributed by atoms with Gasteiger partial charge in [-0.2, -0.15) is 0 Å². The highest BCUT2D eigenvalue weighted by molar-refractivity contribution is 5.98. The molecule has 1 aliphatic rings. The summed E-state index contributed by atoms with van der Waals surface area (Å²) in [6.45, 7) is 3.70. The van der Waals surface area contributed by atoms with E-state index in [4.69, 9.17) is 9.47 Å². The second-order valence-electron chi connectivity index (χ2n) is 7.11. The van der Waals surface area contributed by atoms with Crippen molar-refractivity contribution in [2.75, 3.05) is 12.4 Å². The van der Waals surface area contributed by atoms with Crippen LogP contribution in [0.25, 0.3) is 0 Å². The van der Waals surface area contributed by atoms with Crippen molar-refractivity contribution < 1.29 is 19.1 Å². The molecule has 0 aliphatic heterocycles. The second-order valence-corrected chi connectivity index (χ2v) is 7.11. The molecular formula is C23H27NO4. The summed E-state index contributed by atoms with van der Waals surface area (Å²) < 4.78 is 10.8. The minimum atomic E-state index is -0.608. The topological polar surface area (TPSA) is 64.6 Å². The number of nitrogens with one attached hydrogen (secondary N) is 1. The molecule has 0 unspecified atom stereocenters. The first-order valence-corrected chi connectivity index (χ1v) is 9.80. The lowest BCUT2D eigenvalue weighted by atomic mass is 9.92. The first-order chi connectivity index (χ1) is 13.5. The Morgan fingerprint density at radius 2 is 1.86 bits per heavy atom. The van der Waals surface area contributed by atoms with E-state index in [9.17, 15) is 9.59 Å². The maximum absolute atomic E-state index is 12.8. The quantitative estimate of drug-likeness (QED) is 0.751. The van der Waals surface area contributed by atoms with Crippen molar-refractivity contribution in [3.05, 3.63) is 58.7 Å². The van der Waals surface area contributed by atoms with Crippen LogP contribution in [0, 0.1) is 6.92 Å². The molecule has 0 radical (unpaired) electrons. The molecule has 5 nitrogen and oxygen atoms in total. The van der Waals surface area contributed by atoms with Crippen LogP contribution in [0.1, 0.15) is 53.2 Å². The fourth-order valence-corrected chi connectivity index (χ4v) is 3.59. The van der Waals surface area contributed by atoms with Gasteiger partial charge in [-0.3, -0.25) is 4.79 Å².